The first kappa shape index (κ1) is 19.5. The smallest absolute Gasteiger partial charge is 0.338 e. The molecular weight excluding hydrogens is 384 g/mol. The number of nitrogens with zero attached hydrogens (tertiary/aromatic N) is 2. The molecule has 0 radical (unpaired) electrons. The summed E-state index contributed by atoms with van der Waals surface area (Å²) in [6.45, 7) is 3.79. The minimum absolute atomic E-state index is 0.117. The molecule has 0 amide bonds. The Bertz CT molecular complexity index is 1030. The number of benzene rings is 2. The number of hydrogen-bond donors (Lipinski definition) is 0. The third-order valence-corrected chi connectivity index (χ3v) is 7.40. The predicted octanol–water partition coefficient (Wildman–Crippen LogP) is 3.85. The Balaban J connectivity index is 1.85. The van der Waals surface area contributed by atoms with Crippen LogP contribution in [0.2, 0.25) is 0 Å². The SMILES string of the molecule is CCOC(=O)c1ccc(S(=O)(=O)N(C)[C@@H](C)c2nc3ccccc3s2)cc1. The maximum absolute atomic E-state index is 13.0. The highest BCUT2D eigenvalue weighted by atomic mass is 32.2. The average Bonchev–Trinajstić information content (AvgIpc) is 3.11. The van der Waals surface area contributed by atoms with Crippen LogP contribution in [0.5, 0.6) is 0 Å². The van der Waals surface area contributed by atoms with Crippen LogP contribution in [0, 0.1) is 0 Å². The summed E-state index contributed by atoms with van der Waals surface area (Å²) in [6, 6.07) is 13.0. The van der Waals surface area contributed by atoms with Gasteiger partial charge in [0.2, 0.25) is 10.0 Å². The van der Waals surface area contributed by atoms with Gasteiger partial charge in [-0.1, -0.05) is 12.1 Å². The van der Waals surface area contributed by atoms with E-state index >= 15 is 0 Å². The first-order valence-corrected chi connectivity index (χ1v) is 10.7. The molecule has 0 aliphatic heterocycles. The molecule has 1 heterocycles. The average molecular weight is 405 g/mol. The highest BCUT2D eigenvalue weighted by Gasteiger charge is 2.28. The summed E-state index contributed by atoms with van der Waals surface area (Å²) in [6.07, 6.45) is 0. The number of carbonyl (C=O) groups excluding carboxylic acids is 1. The summed E-state index contributed by atoms with van der Waals surface area (Å²) in [5, 5.41) is 0.727. The van der Waals surface area contributed by atoms with Gasteiger partial charge in [-0.3, -0.25) is 0 Å². The van der Waals surface area contributed by atoms with Gasteiger partial charge in [0.15, 0.2) is 0 Å². The zero-order valence-electron chi connectivity index (χ0n) is 15.2. The number of hydrogen-bond acceptors (Lipinski definition) is 6. The Morgan fingerprint density at radius 2 is 1.85 bits per heavy atom. The molecule has 3 aromatic rings. The van der Waals surface area contributed by atoms with Crippen molar-refractivity contribution in [3.8, 4) is 0 Å². The molecule has 3 rings (SSSR count). The fourth-order valence-corrected chi connectivity index (χ4v) is 5.03. The van der Waals surface area contributed by atoms with E-state index < -0.39 is 22.0 Å². The molecule has 0 N–H and O–H groups in total. The topological polar surface area (TPSA) is 76.6 Å². The van der Waals surface area contributed by atoms with Gasteiger partial charge in [0.1, 0.15) is 5.01 Å². The molecule has 2 aromatic carbocycles. The van der Waals surface area contributed by atoms with Gasteiger partial charge >= 0.3 is 5.97 Å². The highest BCUT2D eigenvalue weighted by molar-refractivity contribution is 7.89. The van der Waals surface area contributed by atoms with E-state index in [1.54, 1.807) is 6.92 Å². The molecule has 0 aliphatic carbocycles. The zero-order valence-corrected chi connectivity index (χ0v) is 16.9. The fraction of sp³-hybridized carbons (Fsp3) is 0.263. The van der Waals surface area contributed by atoms with E-state index in [0.717, 1.165) is 15.2 Å². The lowest BCUT2D eigenvalue weighted by Gasteiger charge is -2.22. The Hall–Kier alpha value is -2.29. The van der Waals surface area contributed by atoms with Crippen LogP contribution in [-0.2, 0) is 14.8 Å². The fourth-order valence-electron chi connectivity index (χ4n) is 2.58. The van der Waals surface area contributed by atoms with Gasteiger partial charge in [-0.05, 0) is 50.2 Å². The first-order chi connectivity index (χ1) is 12.8. The Morgan fingerprint density at radius 3 is 2.48 bits per heavy atom. The van der Waals surface area contributed by atoms with Crippen LogP contribution in [-0.4, -0.2) is 37.3 Å². The second kappa shape index (κ2) is 7.75. The van der Waals surface area contributed by atoms with E-state index in [0.29, 0.717) is 5.56 Å². The van der Waals surface area contributed by atoms with E-state index in [2.05, 4.69) is 4.98 Å². The minimum Gasteiger partial charge on any atom is -0.462 e. The van der Waals surface area contributed by atoms with Gasteiger partial charge in [-0.25, -0.2) is 18.2 Å². The predicted molar refractivity (Wildman–Crippen MR) is 105 cm³/mol. The van der Waals surface area contributed by atoms with Gasteiger partial charge in [-0.2, -0.15) is 4.31 Å². The maximum Gasteiger partial charge on any atom is 0.338 e. The number of aromatic nitrogens is 1. The van der Waals surface area contributed by atoms with Gasteiger partial charge in [0, 0.05) is 7.05 Å². The van der Waals surface area contributed by atoms with Gasteiger partial charge < -0.3 is 4.74 Å². The lowest BCUT2D eigenvalue weighted by Crippen LogP contribution is -2.29. The standard InChI is InChI=1S/C19H20N2O4S2/c1-4-25-19(22)14-9-11-15(12-10-14)27(23,24)21(3)13(2)18-20-16-7-5-6-8-17(16)26-18/h5-13H,4H2,1-3H3/t13-/m0/s1. The van der Waals surface area contributed by atoms with E-state index in [4.69, 9.17) is 4.74 Å². The summed E-state index contributed by atoms with van der Waals surface area (Å²) in [5.74, 6) is -0.474. The monoisotopic (exact) mass is 404 g/mol. The lowest BCUT2D eigenvalue weighted by atomic mass is 10.2. The number of thiazole rings is 1. The summed E-state index contributed by atoms with van der Waals surface area (Å²) in [4.78, 5) is 16.4. The highest BCUT2D eigenvalue weighted by Crippen LogP contribution is 2.31. The molecule has 0 saturated carbocycles. The molecular formula is C19H20N2O4S2. The zero-order chi connectivity index (χ0) is 19.6. The molecule has 0 saturated heterocycles. The molecule has 8 heteroatoms. The van der Waals surface area contributed by atoms with Crippen molar-refractivity contribution in [2.75, 3.05) is 13.7 Å². The number of esters is 1. The molecule has 0 spiro atoms. The van der Waals surface area contributed by atoms with Crippen LogP contribution >= 0.6 is 11.3 Å². The van der Waals surface area contributed by atoms with Crippen molar-refractivity contribution in [3.05, 3.63) is 59.1 Å². The number of sulfonamides is 1. The number of fused-ring (bicyclic) bond motifs is 1. The summed E-state index contributed by atoms with van der Waals surface area (Å²) in [7, 11) is -2.20. The van der Waals surface area contributed by atoms with Crippen molar-refractivity contribution in [2.45, 2.75) is 24.8 Å². The second-order valence-electron chi connectivity index (χ2n) is 5.96. The maximum atomic E-state index is 13.0. The van der Waals surface area contributed by atoms with Gasteiger partial charge in [0.25, 0.3) is 0 Å². The molecule has 0 bridgehead atoms. The van der Waals surface area contributed by atoms with Crippen molar-refractivity contribution in [2.24, 2.45) is 0 Å². The number of para-hydroxylation sites is 1. The van der Waals surface area contributed by atoms with Gasteiger partial charge in [0.05, 0.1) is 33.3 Å². The summed E-state index contributed by atoms with van der Waals surface area (Å²) < 4.78 is 33.1. The Labute approximate surface area is 162 Å². The van der Waals surface area contributed by atoms with Crippen LogP contribution in [0.4, 0.5) is 0 Å². The van der Waals surface area contributed by atoms with Crippen molar-refractivity contribution in [3.63, 3.8) is 0 Å². The van der Waals surface area contributed by atoms with Crippen LogP contribution in [0.1, 0.15) is 35.3 Å². The number of rotatable bonds is 6. The van der Waals surface area contributed by atoms with Crippen LogP contribution in [0.15, 0.2) is 53.4 Å². The third kappa shape index (κ3) is 3.87. The quantitative estimate of drug-likeness (QED) is 0.583. The van der Waals surface area contributed by atoms with Crippen molar-refractivity contribution < 1.29 is 17.9 Å². The van der Waals surface area contributed by atoms with E-state index in [1.807, 2.05) is 31.2 Å². The minimum atomic E-state index is -3.73. The third-order valence-electron chi connectivity index (χ3n) is 4.26. The first-order valence-electron chi connectivity index (χ1n) is 8.45. The van der Waals surface area contributed by atoms with Crippen molar-refractivity contribution >= 4 is 37.5 Å². The van der Waals surface area contributed by atoms with Gasteiger partial charge in [-0.15, -0.1) is 11.3 Å². The Morgan fingerprint density at radius 1 is 1.19 bits per heavy atom. The van der Waals surface area contributed by atoms with Crippen LogP contribution < -0.4 is 0 Å². The lowest BCUT2D eigenvalue weighted by molar-refractivity contribution is 0.0526. The van der Waals surface area contributed by atoms with Crippen LogP contribution in [0.25, 0.3) is 10.2 Å². The second-order valence-corrected chi connectivity index (χ2v) is 9.02. The van der Waals surface area contributed by atoms with E-state index in [9.17, 15) is 13.2 Å². The molecule has 0 unspecified atom stereocenters. The largest absolute Gasteiger partial charge is 0.462 e. The summed E-state index contributed by atoms with van der Waals surface area (Å²) >= 11 is 1.48. The number of carbonyl (C=O) groups is 1. The van der Waals surface area contributed by atoms with E-state index in [-0.39, 0.29) is 11.5 Å². The van der Waals surface area contributed by atoms with Crippen LogP contribution in [0.3, 0.4) is 0 Å². The van der Waals surface area contributed by atoms with Crippen molar-refractivity contribution in [1.82, 2.24) is 9.29 Å². The molecule has 6 nitrogen and oxygen atoms in total. The molecule has 0 aliphatic rings. The molecule has 1 aromatic heterocycles. The number of ether oxygens (including phenoxy) is 1. The normalized spacial score (nSPS) is 13.0. The summed E-state index contributed by atoms with van der Waals surface area (Å²) in [5.41, 5.74) is 1.17. The van der Waals surface area contributed by atoms with Crippen molar-refractivity contribution in [1.29, 1.82) is 0 Å². The van der Waals surface area contributed by atoms with E-state index in [1.165, 1.54) is 47.0 Å². The Kier molecular flexibility index (Phi) is 5.59. The molecule has 1 atom stereocenters. The molecule has 0 fully saturated rings. The molecule has 27 heavy (non-hydrogen) atoms. The molecule has 142 valence electrons.